The van der Waals surface area contributed by atoms with Gasteiger partial charge in [-0.05, 0) is 41.3 Å². The van der Waals surface area contributed by atoms with E-state index in [1.54, 1.807) is 24.3 Å². The number of nitrogens with zero attached hydrogens (tertiary/aromatic N) is 2. The zero-order valence-electron chi connectivity index (χ0n) is 17.3. The van der Waals surface area contributed by atoms with Crippen molar-refractivity contribution in [2.75, 3.05) is 18.2 Å². The van der Waals surface area contributed by atoms with E-state index in [4.69, 9.17) is 4.42 Å². The zero-order valence-corrected chi connectivity index (χ0v) is 18.1. The highest BCUT2D eigenvalue weighted by atomic mass is 32.2. The summed E-state index contributed by atoms with van der Waals surface area (Å²) in [6, 6.07) is 14.5. The first-order valence-electron chi connectivity index (χ1n) is 9.32. The van der Waals surface area contributed by atoms with E-state index in [9.17, 15) is 9.59 Å². The van der Waals surface area contributed by atoms with Gasteiger partial charge in [-0.25, -0.2) is 4.79 Å². The van der Waals surface area contributed by atoms with Crippen LogP contribution in [0.3, 0.4) is 0 Å². The quantitative estimate of drug-likeness (QED) is 0.457. The highest BCUT2D eigenvalue weighted by Crippen LogP contribution is 2.27. The molecule has 0 atom stereocenters. The van der Waals surface area contributed by atoms with E-state index in [0.29, 0.717) is 22.4 Å². The van der Waals surface area contributed by atoms with Crippen molar-refractivity contribution in [3.05, 3.63) is 59.7 Å². The molecule has 0 saturated carbocycles. The molecule has 3 rings (SSSR count). The van der Waals surface area contributed by atoms with E-state index < -0.39 is 5.97 Å². The van der Waals surface area contributed by atoms with E-state index in [-0.39, 0.29) is 17.1 Å². The number of aromatic nitrogens is 2. The van der Waals surface area contributed by atoms with Crippen molar-refractivity contribution >= 4 is 29.3 Å². The molecule has 0 unspecified atom stereocenters. The first-order valence-corrected chi connectivity index (χ1v) is 10.3. The summed E-state index contributed by atoms with van der Waals surface area (Å²) in [7, 11) is 1.31. The van der Waals surface area contributed by atoms with Crippen molar-refractivity contribution in [3.8, 4) is 11.5 Å². The second-order valence-electron chi connectivity index (χ2n) is 7.61. The number of benzene rings is 2. The summed E-state index contributed by atoms with van der Waals surface area (Å²) in [6.07, 6.45) is 0. The minimum Gasteiger partial charge on any atom is -0.465 e. The SMILES string of the molecule is COC(=O)c1cccc(NC(=O)CSc2nnc(-c3ccc(C(C)(C)C)cc3)o2)c1. The Kier molecular flexibility index (Phi) is 6.56. The first-order chi connectivity index (χ1) is 14.3. The molecule has 156 valence electrons. The maximum atomic E-state index is 12.2. The molecule has 0 bridgehead atoms. The van der Waals surface area contributed by atoms with Gasteiger partial charge in [-0.1, -0.05) is 50.7 Å². The topological polar surface area (TPSA) is 94.3 Å². The molecule has 0 fully saturated rings. The van der Waals surface area contributed by atoms with Crippen LogP contribution in [-0.2, 0) is 14.9 Å². The third kappa shape index (κ3) is 5.48. The number of carbonyl (C=O) groups excluding carboxylic acids is 2. The minimum absolute atomic E-state index is 0.0676. The van der Waals surface area contributed by atoms with Gasteiger partial charge in [0.15, 0.2) is 0 Å². The van der Waals surface area contributed by atoms with Crippen LogP contribution in [0, 0.1) is 0 Å². The average Bonchev–Trinajstić information content (AvgIpc) is 3.20. The van der Waals surface area contributed by atoms with E-state index in [1.807, 2.05) is 24.3 Å². The Hall–Kier alpha value is -3.13. The molecule has 1 heterocycles. The zero-order chi connectivity index (χ0) is 21.7. The van der Waals surface area contributed by atoms with Crippen molar-refractivity contribution in [1.29, 1.82) is 0 Å². The lowest BCUT2D eigenvalue weighted by Gasteiger charge is -2.18. The van der Waals surface area contributed by atoms with Crippen LogP contribution in [0.5, 0.6) is 0 Å². The van der Waals surface area contributed by atoms with Crippen molar-refractivity contribution < 1.29 is 18.7 Å². The summed E-state index contributed by atoms with van der Waals surface area (Å²) in [6.45, 7) is 6.46. The number of amides is 1. The molecule has 0 spiro atoms. The lowest BCUT2D eigenvalue weighted by Crippen LogP contribution is -2.14. The van der Waals surface area contributed by atoms with Crippen LogP contribution >= 0.6 is 11.8 Å². The summed E-state index contributed by atoms with van der Waals surface area (Å²) >= 11 is 1.14. The molecule has 0 radical (unpaired) electrons. The third-order valence-electron chi connectivity index (χ3n) is 4.30. The Balaban J connectivity index is 1.58. The van der Waals surface area contributed by atoms with E-state index in [0.717, 1.165) is 17.3 Å². The molecule has 8 heteroatoms. The predicted octanol–water partition coefficient (Wildman–Crippen LogP) is 4.55. The van der Waals surface area contributed by atoms with Crippen molar-refractivity contribution in [1.82, 2.24) is 10.2 Å². The van der Waals surface area contributed by atoms with E-state index >= 15 is 0 Å². The van der Waals surface area contributed by atoms with Gasteiger partial charge in [0.1, 0.15) is 0 Å². The molecule has 2 aromatic carbocycles. The summed E-state index contributed by atoms with van der Waals surface area (Å²) in [5.41, 5.74) is 2.98. The number of esters is 1. The molecular weight excluding hydrogens is 402 g/mol. The van der Waals surface area contributed by atoms with Gasteiger partial charge in [0.2, 0.25) is 11.8 Å². The highest BCUT2D eigenvalue weighted by Gasteiger charge is 2.15. The van der Waals surface area contributed by atoms with Crippen LogP contribution in [-0.4, -0.2) is 34.9 Å². The molecule has 0 saturated heterocycles. The Morgan fingerprint density at radius 3 is 2.50 bits per heavy atom. The Bertz CT molecular complexity index is 1040. The van der Waals surface area contributed by atoms with Gasteiger partial charge in [-0.2, -0.15) is 0 Å². The van der Waals surface area contributed by atoms with Gasteiger partial charge in [0.05, 0.1) is 18.4 Å². The maximum Gasteiger partial charge on any atom is 0.337 e. The van der Waals surface area contributed by atoms with Crippen LogP contribution in [0.4, 0.5) is 5.69 Å². The molecule has 1 aromatic heterocycles. The number of thioether (sulfide) groups is 1. The largest absolute Gasteiger partial charge is 0.465 e. The number of hydrogen-bond acceptors (Lipinski definition) is 7. The second-order valence-corrected chi connectivity index (χ2v) is 8.54. The number of hydrogen-bond donors (Lipinski definition) is 1. The standard InChI is InChI=1S/C22H23N3O4S/c1-22(2,3)16-10-8-14(9-11-16)19-24-25-21(29-19)30-13-18(26)23-17-7-5-6-15(12-17)20(27)28-4/h5-12H,13H2,1-4H3,(H,23,26). The number of ether oxygens (including phenoxy) is 1. The van der Waals surface area contributed by atoms with Crippen LogP contribution in [0.25, 0.3) is 11.5 Å². The van der Waals surface area contributed by atoms with Gasteiger partial charge >= 0.3 is 5.97 Å². The monoisotopic (exact) mass is 425 g/mol. The van der Waals surface area contributed by atoms with Crippen LogP contribution in [0.15, 0.2) is 58.2 Å². The molecular formula is C22H23N3O4S. The molecule has 0 aliphatic heterocycles. The molecule has 3 aromatic rings. The van der Waals surface area contributed by atoms with Crippen LogP contribution in [0.2, 0.25) is 0 Å². The minimum atomic E-state index is -0.464. The Morgan fingerprint density at radius 1 is 1.10 bits per heavy atom. The maximum absolute atomic E-state index is 12.2. The number of anilines is 1. The lowest BCUT2D eigenvalue weighted by atomic mass is 9.87. The van der Waals surface area contributed by atoms with Crippen molar-refractivity contribution in [3.63, 3.8) is 0 Å². The summed E-state index contributed by atoms with van der Waals surface area (Å²) in [5, 5.41) is 11.1. The number of carbonyl (C=O) groups is 2. The normalized spacial score (nSPS) is 11.2. The smallest absolute Gasteiger partial charge is 0.337 e. The molecule has 0 aliphatic rings. The van der Waals surface area contributed by atoms with Crippen molar-refractivity contribution in [2.24, 2.45) is 0 Å². The van der Waals surface area contributed by atoms with Gasteiger partial charge in [0, 0.05) is 11.3 Å². The number of methoxy groups -OCH3 is 1. The second kappa shape index (κ2) is 9.13. The fourth-order valence-electron chi connectivity index (χ4n) is 2.66. The van der Waals surface area contributed by atoms with E-state index in [2.05, 4.69) is 41.0 Å². The fraction of sp³-hybridized carbons (Fsp3) is 0.273. The van der Waals surface area contributed by atoms with Crippen LogP contribution in [0.1, 0.15) is 36.7 Å². The Labute approximate surface area is 179 Å². The Morgan fingerprint density at radius 2 is 1.83 bits per heavy atom. The predicted molar refractivity (Wildman–Crippen MR) is 116 cm³/mol. The van der Waals surface area contributed by atoms with Gasteiger partial charge in [-0.15, -0.1) is 10.2 Å². The number of nitrogens with one attached hydrogen (secondary N) is 1. The molecule has 30 heavy (non-hydrogen) atoms. The fourth-order valence-corrected chi connectivity index (χ4v) is 3.23. The molecule has 1 amide bonds. The molecule has 7 nitrogen and oxygen atoms in total. The van der Waals surface area contributed by atoms with Crippen LogP contribution < -0.4 is 5.32 Å². The number of rotatable bonds is 6. The summed E-state index contributed by atoms with van der Waals surface area (Å²) in [5.74, 6) is -0.220. The van der Waals surface area contributed by atoms with Crippen molar-refractivity contribution in [2.45, 2.75) is 31.4 Å². The van der Waals surface area contributed by atoms with Gasteiger partial charge < -0.3 is 14.5 Å². The third-order valence-corrected chi connectivity index (χ3v) is 5.12. The molecule has 1 N–H and O–H groups in total. The van der Waals surface area contributed by atoms with Gasteiger partial charge in [0.25, 0.3) is 5.22 Å². The highest BCUT2D eigenvalue weighted by molar-refractivity contribution is 7.99. The average molecular weight is 426 g/mol. The van der Waals surface area contributed by atoms with E-state index in [1.165, 1.54) is 12.7 Å². The first kappa shape index (κ1) is 21.6. The lowest BCUT2D eigenvalue weighted by molar-refractivity contribution is -0.113. The molecule has 0 aliphatic carbocycles. The summed E-state index contributed by atoms with van der Waals surface area (Å²) < 4.78 is 10.3. The summed E-state index contributed by atoms with van der Waals surface area (Å²) in [4.78, 5) is 23.8. The van der Waals surface area contributed by atoms with Gasteiger partial charge in [-0.3, -0.25) is 4.79 Å².